The van der Waals surface area contributed by atoms with Gasteiger partial charge in [-0.05, 0) is 58.2 Å². The van der Waals surface area contributed by atoms with Gasteiger partial charge >= 0.3 is 0 Å². The lowest BCUT2D eigenvalue weighted by Gasteiger charge is -2.27. The van der Waals surface area contributed by atoms with E-state index < -0.39 is 0 Å². The van der Waals surface area contributed by atoms with Crippen molar-refractivity contribution in [1.82, 2.24) is 10.2 Å². The molecule has 94 valence electrons. The van der Waals surface area contributed by atoms with E-state index in [9.17, 15) is 0 Å². The van der Waals surface area contributed by atoms with E-state index in [0.717, 1.165) is 12.0 Å². The fourth-order valence-corrected chi connectivity index (χ4v) is 3.27. The van der Waals surface area contributed by atoms with Gasteiger partial charge in [-0.25, -0.2) is 0 Å². The minimum atomic E-state index is 0.805. The topological polar surface area (TPSA) is 15.3 Å². The van der Waals surface area contributed by atoms with Crippen LogP contribution < -0.4 is 5.32 Å². The van der Waals surface area contributed by atoms with Gasteiger partial charge in [-0.1, -0.05) is 19.3 Å². The normalized spacial score (nSPS) is 27.8. The van der Waals surface area contributed by atoms with Gasteiger partial charge < -0.3 is 10.2 Å². The fourth-order valence-electron chi connectivity index (χ4n) is 3.27. The SMILES string of the molecule is CN(CCC1CCCCN1)CC1CCCC1. The molecule has 2 aliphatic rings. The molecule has 1 saturated carbocycles. The van der Waals surface area contributed by atoms with Crippen LogP contribution in [0.15, 0.2) is 0 Å². The summed E-state index contributed by atoms with van der Waals surface area (Å²) in [7, 11) is 2.31. The summed E-state index contributed by atoms with van der Waals surface area (Å²) in [6.07, 6.45) is 11.5. The molecule has 0 aromatic rings. The average molecular weight is 224 g/mol. The van der Waals surface area contributed by atoms with Crippen LogP contribution in [0.1, 0.15) is 51.4 Å². The van der Waals surface area contributed by atoms with Crippen molar-refractivity contribution in [3.05, 3.63) is 0 Å². The molecule has 0 bridgehead atoms. The van der Waals surface area contributed by atoms with Crippen molar-refractivity contribution in [2.24, 2.45) is 5.92 Å². The molecule has 0 spiro atoms. The summed E-state index contributed by atoms with van der Waals surface area (Å²) >= 11 is 0. The standard InChI is InChI=1S/C14H28N2/c1-16(12-13-6-2-3-7-13)11-9-14-8-4-5-10-15-14/h13-15H,2-12H2,1H3. The van der Waals surface area contributed by atoms with E-state index in [0.29, 0.717) is 0 Å². The molecule has 0 radical (unpaired) electrons. The van der Waals surface area contributed by atoms with Crippen LogP contribution in [0.3, 0.4) is 0 Å². The number of piperidine rings is 1. The molecule has 1 aliphatic heterocycles. The summed E-state index contributed by atoms with van der Waals surface area (Å²) in [5, 5.41) is 3.64. The summed E-state index contributed by atoms with van der Waals surface area (Å²) in [6.45, 7) is 3.87. The van der Waals surface area contributed by atoms with Crippen molar-refractivity contribution in [3.63, 3.8) is 0 Å². The fraction of sp³-hybridized carbons (Fsp3) is 1.00. The molecule has 2 rings (SSSR count). The molecular formula is C14H28N2. The van der Waals surface area contributed by atoms with Gasteiger partial charge in [0.2, 0.25) is 0 Å². The molecular weight excluding hydrogens is 196 g/mol. The van der Waals surface area contributed by atoms with Crippen LogP contribution >= 0.6 is 0 Å². The van der Waals surface area contributed by atoms with Crippen LogP contribution in [-0.2, 0) is 0 Å². The number of rotatable bonds is 5. The minimum Gasteiger partial charge on any atom is -0.314 e. The Labute approximate surface area is 101 Å². The predicted molar refractivity (Wildman–Crippen MR) is 69.7 cm³/mol. The first-order chi connectivity index (χ1) is 7.84. The molecule has 2 heteroatoms. The van der Waals surface area contributed by atoms with Crippen molar-refractivity contribution >= 4 is 0 Å². The molecule has 1 saturated heterocycles. The summed E-state index contributed by atoms with van der Waals surface area (Å²) in [4.78, 5) is 2.56. The van der Waals surface area contributed by atoms with Gasteiger partial charge in [0.05, 0.1) is 0 Å². The number of hydrogen-bond donors (Lipinski definition) is 1. The third-order valence-electron chi connectivity index (χ3n) is 4.32. The molecule has 2 fully saturated rings. The lowest BCUT2D eigenvalue weighted by Crippen LogP contribution is -2.37. The number of nitrogens with zero attached hydrogens (tertiary/aromatic N) is 1. The second-order valence-corrected chi connectivity index (χ2v) is 5.85. The Balaban J connectivity index is 1.57. The number of nitrogens with one attached hydrogen (secondary N) is 1. The van der Waals surface area contributed by atoms with Gasteiger partial charge in [0, 0.05) is 12.6 Å². The van der Waals surface area contributed by atoms with Crippen LogP contribution in [-0.4, -0.2) is 37.6 Å². The third kappa shape index (κ3) is 4.06. The van der Waals surface area contributed by atoms with E-state index in [4.69, 9.17) is 0 Å². The van der Waals surface area contributed by atoms with E-state index in [1.807, 2.05) is 0 Å². The molecule has 1 N–H and O–H groups in total. The summed E-state index contributed by atoms with van der Waals surface area (Å²) in [5.41, 5.74) is 0. The Kier molecular flexibility index (Phi) is 5.11. The smallest absolute Gasteiger partial charge is 0.00792 e. The van der Waals surface area contributed by atoms with Crippen molar-refractivity contribution in [3.8, 4) is 0 Å². The second-order valence-electron chi connectivity index (χ2n) is 5.85. The van der Waals surface area contributed by atoms with Crippen LogP contribution in [0.2, 0.25) is 0 Å². The van der Waals surface area contributed by atoms with Crippen LogP contribution in [0.25, 0.3) is 0 Å². The van der Waals surface area contributed by atoms with Gasteiger partial charge in [0.25, 0.3) is 0 Å². The molecule has 1 heterocycles. The van der Waals surface area contributed by atoms with Crippen LogP contribution in [0.4, 0.5) is 0 Å². The Morgan fingerprint density at radius 1 is 1.06 bits per heavy atom. The van der Waals surface area contributed by atoms with E-state index in [1.165, 1.54) is 71.0 Å². The van der Waals surface area contributed by atoms with E-state index in [-0.39, 0.29) is 0 Å². The molecule has 1 unspecified atom stereocenters. The highest BCUT2D eigenvalue weighted by Crippen LogP contribution is 2.25. The van der Waals surface area contributed by atoms with Crippen LogP contribution in [0, 0.1) is 5.92 Å². The summed E-state index contributed by atoms with van der Waals surface area (Å²) in [6, 6.07) is 0.805. The van der Waals surface area contributed by atoms with Gasteiger partial charge in [-0.2, -0.15) is 0 Å². The first-order valence-corrected chi connectivity index (χ1v) is 7.26. The Hall–Kier alpha value is -0.0800. The maximum absolute atomic E-state index is 3.64. The molecule has 16 heavy (non-hydrogen) atoms. The number of hydrogen-bond acceptors (Lipinski definition) is 2. The van der Waals surface area contributed by atoms with Gasteiger partial charge in [0.1, 0.15) is 0 Å². The van der Waals surface area contributed by atoms with E-state index >= 15 is 0 Å². The predicted octanol–water partition coefficient (Wildman–Crippen LogP) is 2.64. The minimum absolute atomic E-state index is 0.805. The van der Waals surface area contributed by atoms with Gasteiger partial charge in [0.15, 0.2) is 0 Å². The van der Waals surface area contributed by atoms with Gasteiger partial charge in [-0.15, -0.1) is 0 Å². The zero-order chi connectivity index (χ0) is 11.2. The molecule has 0 aromatic carbocycles. The maximum atomic E-state index is 3.64. The van der Waals surface area contributed by atoms with Gasteiger partial charge in [-0.3, -0.25) is 0 Å². The zero-order valence-electron chi connectivity index (χ0n) is 10.9. The molecule has 1 atom stereocenters. The molecule has 2 nitrogen and oxygen atoms in total. The maximum Gasteiger partial charge on any atom is 0.00792 e. The quantitative estimate of drug-likeness (QED) is 0.772. The van der Waals surface area contributed by atoms with Crippen molar-refractivity contribution in [1.29, 1.82) is 0 Å². The highest BCUT2D eigenvalue weighted by atomic mass is 15.1. The molecule has 1 aliphatic carbocycles. The molecule has 0 aromatic heterocycles. The first-order valence-electron chi connectivity index (χ1n) is 7.26. The zero-order valence-corrected chi connectivity index (χ0v) is 10.9. The average Bonchev–Trinajstić information content (AvgIpc) is 2.81. The Bertz CT molecular complexity index is 181. The van der Waals surface area contributed by atoms with Crippen molar-refractivity contribution in [2.45, 2.75) is 57.4 Å². The third-order valence-corrected chi connectivity index (χ3v) is 4.32. The second kappa shape index (κ2) is 6.61. The monoisotopic (exact) mass is 224 g/mol. The largest absolute Gasteiger partial charge is 0.314 e. The first kappa shape index (κ1) is 12.4. The van der Waals surface area contributed by atoms with Crippen LogP contribution in [0.5, 0.6) is 0 Å². The van der Waals surface area contributed by atoms with E-state index in [2.05, 4.69) is 17.3 Å². The summed E-state index contributed by atoms with van der Waals surface area (Å²) < 4.78 is 0. The highest BCUT2D eigenvalue weighted by Gasteiger charge is 2.18. The molecule has 0 amide bonds. The lowest BCUT2D eigenvalue weighted by molar-refractivity contribution is 0.252. The van der Waals surface area contributed by atoms with Crippen molar-refractivity contribution < 1.29 is 0 Å². The highest BCUT2D eigenvalue weighted by molar-refractivity contribution is 4.75. The van der Waals surface area contributed by atoms with E-state index in [1.54, 1.807) is 0 Å². The summed E-state index contributed by atoms with van der Waals surface area (Å²) in [5.74, 6) is 1.00. The Morgan fingerprint density at radius 3 is 2.50 bits per heavy atom. The Morgan fingerprint density at radius 2 is 1.81 bits per heavy atom. The van der Waals surface area contributed by atoms with Crippen molar-refractivity contribution in [2.75, 3.05) is 26.7 Å². The lowest BCUT2D eigenvalue weighted by atomic mass is 10.0.